The minimum atomic E-state index is -0.0803. The average molecular weight is 374 g/mol. The summed E-state index contributed by atoms with van der Waals surface area (Å²) in [6.07, 6.45) is 0. The summed E-state index contributed by atoms with van der Waals surface area (Å²) in [6.45, 7) is 6.48. The number of halogens is 1. The summed E-state index contributed by atoms with van der Waals surface area (Å²) in [5.41, 5.74) is 1.95. The number of nitrogens with one attached hydrogen (secondary N) is 1. The molecule has 0 saturated carbocycles. The molecular weight excluding hydrogens is 350 g/mol. The molecule has 1 aliphatic heterocycles. The Labute approximate surface area is 159 Å². The van der Waals surface area contributed by atoms with E-state index in [-0.39, 0.29) is 6.03 Å². The van der Waals surface area contributed by atoms with Gasteiger partial charge in [-0.15, -0.1) is 0 Å². The van der Waals surface area contributed by atoms with Gasteiger partial charge in [0.15, 0.2) is 0 Å². The molecule has 2 amide bonds. The number of piperazine rings is 1. The van der Waals surface area contributed by atoms with E-state index in [1.807, 2.05) is 60.4 Å². The number of ether oxygens (including phenoxy) is 1. The maximum absolute atomic E-state index is 12.6. The Morgan fingerprint density at radius 3 is 2.46 bits per heavy atom. The number of hydrogen-bond donors (Lipinski definition) is 1. The Hall–Kier alpha value is -2.24. The molecule has 6 heteroatoms. The highest BCUT2D eigenvalue weighted by atomic mass is 35.5. The molecule has 0 unspecified atom stereocenters. The van der Waals surface area contributed by atoms with Gasteiger partial charge in [0.05, 0.1) is 12.3 Å². The van der Waals surface area contributed by atoms with Crippen LogP contribution >= 0.6 is 11.6 Å². The number of urea groups is 1. The van der Waals surface area contributed by atoms with E-state index in [1.165, 1.54) is 5.56 Å². The van der Waals surface area contributed by atoms with Crippen molar-refractivity contribution >= 4 is 23.3 Å². The summed E-state index contributed by atoms with van der Waals surface area (Å²) < 4.78 is 5.57. The van der Waals surface area contributed by atoms with Gasteiger partial charge < -0.3 is 15.0 Å². The SMILES string of the molecule is CCOc1ccccc1NC(=O)N1CCN(Cc2ccc(Cl)cc2)CC1. The van der Waals surface area contributed by atoms with Crippen LogP contribution in [0, 0.1) is 0 Å². The van der Waals surface area contributed by atoms with Crippen molar-refractivity contribution in [3.63, 3.8) is 0 Å². The van der Waals surface area contributed by atoms with Crippen LogP contribution in [0.4, 0.5) is 10.5 Å². The Morgan fingerprint density at radius 1 is 1.08 bits per heavy atom. The van der Waals surface area contributed by atoms with Gasteiger partial charge in [0.2, 0.25) is 0 Å². The zero-order valence-corrected chi connectivity index (χ0v) is 15.7. The van der Waals surface area contributed by atoms with E-state index in [4.69, 9.17) is 16.3 Å². The lowest BCUT2D eigenvalue weighted by molar-refractivity contribution is 0.143. The lowest BCUT2D eigenvalue weighted by Crippen LogP contribution is -2.49. The summed E-state index contributed by atoms with van der Waals surface area (Å²) >= 11 is 5.93. The second-order valence-electron chi connectivity index (χ2n) is 6.25. The second kappa shape index (κ2) is 8.92. The third-order valence-corrected chi connectivity index (χ3v) is 4.66. The van der Waals surface area contributed by atoms with Crippen molar-refractivity contribution < 1.29 is 9.53 Å². The molecule has 0 aliphatic carbocycles. The Morgan fingerprint density at radius 2 is 1.77 bits per heavy atom. The predicted octanol–water partition coefficient (Wildman–Crippen LogP) is 4.09. The molecule has 1 fully saturated rings. The largest absolute Gasteiger partial charge is 0.492 e. The molecule has 2 aromatic carbocycles. The molecule has 0 spiro atoms. The minimum absolute atomic E-state index is 0.0803. The molecule has 1 N–H and O–H groups in total. The highest BCUT2D eigenvalue weighted by Gasteiger charge is 2.21. The fraction of sp³-hybridized carbons (Fsp3) is 0.350. The smallest absolute Gasteiger partial charge is 0.322 e. The van der Waals surface area contributed by atoms with Crippen LogP contribution in [0.2, 0.25) is 5.02 Å². The van der Waals surface area contributed by atoms with E-state index in [1.54, 1.807) is 0 Å². The van der Waals surface area contributed by atoms with Crippen LogP contribution in [-0.2, 0) is 6.54 Å². The van der Waals surface area contributed by atoms with Gasteiger partial charge in [0.25, 0.3) is 0 Å². The lowest BCUT2D eigenvalue weighted by atomic mass is 10.2. The lowest BCUT2D eigenvalue weighted by Gasteiger charge is -2.34. The van der Waals surface area contributed by atoms with Crippen molar-refractivity contribution in [3.8, 4) is 5.75 Å². The fourth-order valence-electron chi connectivity index (χ4n) is 3.00. The van der Waals surface area contributed by atoms with Crippen molar-refractivity contribution in [3.05, 3.63) is 59.1 Å². The average Bonchev–Trinajstić information content (AvgIpc) is 2.66. The molecular formula is C20H24ClN3O2. The van der Waals surface area contributed by atoms with Gasteiger partial charge in [0.1, 0.15) is 5.75 Å². The van der Waals surface area contributed by atoms with Crippen LogP contribution in [0.15, 0.2) is 48.5 Å². The minimum Gasteiger partial charge on any atom is -0.492 e. The van der Waals surface area contributed by atoms with Gasteiger partial charge in [-0.3, -0.25) is 4.90 Å². The number of nitrogens with zero attached hydrogens (tertiary/aromatic N) is 2. The molecule has 3 rings (SSSR count). The van der Waals surface area contributed by atoms with E-state index in [0.717, 1.165) is 24.7 Å². The molecule has 0 atom stereocenters. The number of rotatable bonds is 5. The number of hydrogen-bond acceptors (Lipinski definition) is 3. The molecule has 5 nitrogen and oxygen atoms in total. The topological polar surface area (TPSA) is 44.8 Å². The first kappa shape index (κ1) is 18.5. The van der Waals surface area contributed by atoms with Crippen molar-refractivity contribution in [1.82, 2.24) is 9.80 Å². The van der Waals surface area contributed by atoms with E-state index < -0.39 is 0 Å². The highest BCUT2D eigenvalue weighted by Crippen LogP contribution is 2.24. The normalized spacial score (nSPS) is 14.9. The molecule has 0 aromatic heterocycles. The van der Waals surface area contributed by atoms with Crippen molar-refractivity contribution in [2.75, 3.05) is 38.1 Å². The molecule has 1 saturated heterocycles. The van der Waals surface area contributed by atoms with Crippen molar-refractivity contribution in [2.45, 2.75) is 13.5 Å². The Kier molecular flexibility index (Phi) is 6.36. The van der Waals surface area contributed by atoms with Crippen molar-refractivity contribution in [2.24, 2.45) is 0 Å². The third kappa shape index (κ3) is 4.90. The Bertz CT molecular complexity index is 728. The summed E-state index contributed by atoms with van der Waals surface area (Å²) in [6, 6.07) is 15.4. The van der Waals surface area contributed by atoms with Crippen LogP contribution in [0.5, 0.6) is 5.75 Å². The molecule has 0 radical (unpaired) electrons. The zero-order chi connectivity index (χ0) is 18.4. The fourth-order valence-corrected chi connectivity index (χ4v) is 3.13. The van der Waals surface area contributed by atoms with Crippen LogP contribution in [-0.4, -0.2) is 48.6 Å². The molecule has 0 bridgehead atoms. The van der Waals surface area contributed by atoms with Crippen LogP contribution in [0.1, 0.15) is 12.5 Å². The second-order valence-corrected chi connectivity index (χ2v) is 6.69. The van der Waals surface area contributed by atoms with Gasteiger partial charge in [-0.1, -0.05) is 35.9 Å². The van der Waals surface area contributed by atoms with Crippen LogP contribution < -0.4 is 10.1 Å². The molecule has 2 aromatic rings. The molecule has 1 heterocycles. The number of carbonyl (C=O) groups is 1. The van der Waals surface area contributed by atoms with Crippen molar-refractivity contribution in [1.29, 1.82) is 0 Å². The first-order valence-electron chi connectivity index (χ1n) is 8.90. The number of para-hydroxylation sites is 2. The van der Waals surface area contributed by atoms with Gasteiger partial charge in [-0.05, 0) is 36.8 Å². The maximum Gasteiger partial charge on any atom is 0.322 e. The highest BCUT2D eigenvalue weighted by molar-refractivity contribution is 6.30. The third-order valence-electron chi connectivity index (χ3n) is 4.41. The summed E-state index contributed by atoms with van der Waals surface area (Å²) in [4.78, 5) is 16.7. The predicted molar refractivity (Wildman–Crippen MR) is 105 cm³/mol. The van der Waals surface area contributed by atoms with E-state index in [9.17, 15) is 4.79 Å². The van der Waals surface area contributed by atoms with Gasteiger partial charge in [0, 0.05) is 37.7 Å². The Balaban J connectivity index is 1.51. The summed E-state index contributed by atoms with van der Waals surface area (Å²) in [5.74, 6) is 0.699. The van der Waals surface area contributed by atoms with Gasteiger partial charge >= 0.3 is 6.03 Å². The van der Waals surface area contributed by atoms with E-state index >= 15 is 0 Å². The van der Waals surface area contributed by atoms with Crippen LogP contribution in [0.3, 0.4) is 0 Å². The first-order chi connectivity index (χ1) is 12.7. The molecule has 138 valence electrons. The van der Waals surface area contributed by atoms with E-state index in [0.29, 0.717) is 31.1 Å². The number of anilines is 1. The zero-order valence-electron chi connectivity index (χ0n) is 15.0. The number of benzene rings is 2. The van der Waals surface area contributed by atoms with Gasteiger partial charge in [-0.25, -0.2) is 4.79 Å². The first-order valence-corrected chi connectivity index (χ1v) is 9.28. The van der Waals surface area contributed by atoms with E-state index in [2.05, 4.69) is 10.2 Å². The summed E-state index contributed by atoms with van der Waals surface area (Å²) in [7, 11) is 0. The van der Waals surface area contributed by atoms with Crippen LogP contribution in [0.25, 0.3) is 0 Å². The number of amides is 2. The maximum atomic E-state index is 12.6. The molecule has 26 heavy (non-hydrogen) atoms. The monoisotopic (exact) mass is 373 g/mol. The summed E-state index contributed by atoms with van der Waals surface area (Å²) in [5, 5.41) is 3.72. The number of carbonyl (C=O) groups excluding carboxylic acids is 1. The standard InChI is InChI=1S/C20H24ClN3O2/c1-2-26-19-6-4-3-5-18(19)22-20(25)24-13-11-23(12-14-24)15-16-7-9-17(21)10-8-16/h3-10H,2,11-15H2,1H3,(H,22,25). The molecule has 1 aliphatic rings. The van der Waals surface area contributed by atoms with Gasteiger partial charge in [-0.2, -0.15) is 0 Å². The quantitative estimate of drug-likeness (QED) is 0.858.